The molecule has 4 heterocycles. The Labute approximate surface area is 204 Å². The van der Waals surface area contributed by atoms with Crippen LogP contribution >= 0.6 is 11.6 Å². The zero-order valence-electron chi connectivity index (χ0n) is 19.0. The summed E-state index contributed by atoms with van der Waals surface area (Å²) in [5.41, 5.74) is 3.15. The van der Waals surface area contributed by atoms with E-state index in [-0.39, 0.29) is 5.75 Å². The fourth-order valence-corrected chi connectivity index (χ4v) is 4.27. The normalized spacial score (nSPS) is 13.1. The van der Waals surface area contributed by atoms with Gasteiger partial charge in [0.25, 0.3) is 5.56 Å². The van der Waals surface area contributed by atoms with Gasteiger partial charge >= 0.3 is 5.97 Å². The molecule has 0 atom stereocenters. The number of aryl methyl sites for hydroxylation is 2. The van der Waals surface area contributed by atoms with Crippen LogP contribution in [-0.2, 0) is 31.9 Å². The molecule has 1 aliphatic rings. The minimum atomic E-state index is -1.16. The standard InChI is InChI=1S/C23H22ClN7O4/c1-29-12-26-16-10-31(6-5-18(16)29)23-25-9-15(24)21(28-23)27-14-3-4-17-13(7-14)8-19(22(34)30(17)2)35-11-20(32)33/h3-4,7-9,12H,5-6,10-11H2,1-2H3,(H,32,33)(H,25,27,28). The Bertz CT molecular complexity index is 1510. The lowest BCUT2D eigenvalue weighted by Crippen LogP contribution is -2.32. The van der Waals surface area contributed by atoms with Crippen LogP contribution in [0.3, 0.4) is 0 Å². The van der Waals surface area contributed by atoms with Crippen molar-refractivity contribution in [3.63, 3.8) is 0 Å². The predicted octanol–water partition coefficient (Wildman–Crippen LogP) is 2.49. The molecular formula is C23H22ClN7O4. The number of nitrogens with one attached hydrogen (secondary N) is 1. The van der Waals surface area contributed by atoms with Gasteiger partial charge in [-0.15, -0.1) is 0 Å². The highest BCUT2D eigenvalue weighted by Gasteiger charge is 2.22. The number of aromatic nitrogens is 5. The van der Waals surface area contributed by atoms with Gasteiger partial charge in [0.1, 0.15) is 5.02 Å². The van der Waals surface area contributed by atoms with Crippen molar-refractivity contribution in [3.8, 4) is 5.75 Å². The van der Waals surface area contributed by atoms with Crippen LogP contribution in [0, 0.1) is 0 Å². The number of pyridine rings is 1. The molecule has 0 spiro atoms. The van der Waals surface area contributed by atoms with E-state index in [1.807, 2.05) is 24.0 Å². The SMILES string of the molecule is Cn1cnc2c1CCN(c1ncc(Cl)c(Nc3ccc4c(c3)cc(OCC(=O)O)c(=O)n4C)n1)C2. The van der Waals surface area contributed by atoms with Gasteiger partial charge in [0.15, 0.2) is 18.2 Å². The summed E-state index contributed by atoms with van der Waals surface area (Å²) in [6.45, 7) is 0.769. The first-order valence-electron chi connectivity index (χ1n) is 10.8. The topological polar surface area (TPSA) is 127 Å². The second-order valence-electron chi connectivity index (χ2n) is 8.24. The zero-order valence-corrected chi connectivity index (χ0v) is 19.8. The molecule has 180 valence electrons. The Morgan fingerprint density at radius 2 is 2.09 bits per heavy atom. The van der Waals surface area contributed by atoms with Crippen molar-refractivity contribution in [1.29, 1.82) is 0 Å². The van der Waals surface area contributed by atoms with Crippen molar-refractivity contribution in [2.75, 3.05) is 23.4 Å². The van der Waals surface area contributed by atoms with Gasteiger partial charge in [-0.1, -0.05) is 11.6 Å². The molecule has 0 saturated heterocycles. The Kier molecular flexibility index (Phi) is 5.77. The fraction of sp³-hybridized carbons (Fsp3) is 0.261. The summed E-state index contributed by atoms with van der Waals surface area (Å²) in [5, 5.41) is 13.1. The summed E-state index contributed by atoms with van der Waals surface area (Å²) in [4.78, 5) is 38.9. The summed E-state index contributed by atoms with van der Waals surface area (Å²) in [6.07, 6.45) is 4.22. The lowest BCUT2D eigenvalue weighted by atomic mass is 10.1. The number of hydrogen-bond donors (Lipinski definition) is 2. The number of nitrogens with zero attached hydrogens (tertiary/aromatic N) is 6. The highest BCUT2D eigenvalue weighted by atomic mass is 35.5. The third kappa shape index (κ3) is 4.37. The van der Waals surface area contributed by atoms with E-state index in [2.05, 4.69) is 25.2 Å². The number of rotatable bonds is 6. The molecule has 1 aliphatic heterocycles. The second kappa shape index (κ2) is 8.91. The van der Waals surface area contributed by atoms with E-state index in [0.717, 1.165) is 18.7 Å². The van der Waals surface area contributed by atoms with E-state index in [1.165, 1.54) is 16.3 Å². The third-order valence-corrected chi connectivity index (χ3v) is 6.20. The monoisotopic (exact) mass is 495 g/mol. The first-order chi connectivity index (χ1) is 16.8. The Morgan fingerprint density at radius 1 is 1.26 bits per heavy atom. The Hall–Kier alpha value is -4.12. The minimum absolute atomic E-state index is 0.0408. The summed E-state index contributed by atoms with van der Waals surface area (Å²) in [6, 6.07) is 6.92. The maximum Gasteiger partial charge on any atom is 0.341 e. The van der Waals surface area contributed by atoms with Gasteiger partial charge in [0.05, 0.1) is 30.3 Å². The lowest BCUT2D eigenvalue weighted by molar-refractivity contribution is -0.139. The average Bonchev–Trinajstić information content (AvgIpc) is 3.21. The smallest absolute Gasteiger partial charge is 0.341 e. The van der Waals surface area contributed by atoms with Crippen LogP contribution < -0.4 is 20.5 Å². The largest absolute Gasteiger partial charge is 0.479 e. The lowest BCUT2D eigenvalue weighted by Gasteiger charge is -2.27. The quantitative estimate of drug-likeness (QED) is 0.414. The van der Waals surface area contributed by atoms with E-state index in [4.69, 9.17) is 21.4 Å². The maximum absolute atomic E-state index is 12.5. The highest BCUT2D eigenvalue weighted by molar-refractivity contribution is 6.32. The molecule has 4 aromatic rings. The minimum Gasteiger partial charge on any atom is -0.479 e. The molecule has 35 heavy (non-hydrogen) atoms. The second-order valence-corrected chi connectivity index (χ2v) is 8.65. The third-order valence-electron chi connectivity index (χ3n) is 5.92. The van der Waals surface area contributed by atoms with Gasteiger partial charge in [-0.2, -0.15) is 4.98 Å². The molecule has 12 heteroatoms. The van der Waals surface area contributed by atoms with Crippen LogP contribution in [0.2, 0.25) is 5.02 Å². The van der Waals surface area contributed by atoms with Crippen LogP contribution in [0.15, 0.2) is 41.6 Å². The Morgan fingerprint density at radius 3 is 2.89 bits per heavy atom. The number of carboxylic acids is 1. The average molecular weight is 496 g/mol. The van der Waals surface area contributed by atoms with Crippen molar-refractivity contribution < 1.29 is 14.6 Å². The van der Waals surface area contributed by atoms with Crippen molar-refractivity contribution in [1.82, 2.24) is 24.1 Å². The molecule has 11 nitrogen and oxygen atoms in total. The first-order valence-corrected chi connectivity index (χ1v) is 11.2. The maximum atomic E-state index is 12.5. The molecule has 0 fully saturated rings. The Balaban J connectivity index is 1.43. The van der Waals surface area contributed by atoms with Gasteiger partial charge in [-0.05, 0) is 24.3 Å². The van der Waals surface area contributed by atoms with Gasteiger partial charge in [-0.3, -0.25) is 4.79 Å². The highest BCUT2D eigenvalue weighted by Crippen LogP contribution is 2.29. The number of hydrogen-bond acceptors (Lipinski definition) is 8. The molecule has 0 amide bonds. The molecule has 1 aromatic carbocycles. The molecular weight excluding hydrogens is 474 g/mol. The van der Waals surface area contributed by atoms with Crippen molar-refractivity contribution in [2.24, 2.45) is 14.1 Å². The predicted molar refractivity (Wildman–Crippen MR) is 131 cm³/mol. The van der Waals surface area contributed by atoms with Crippen LogP contribution in [0.1, 0.15) is 11.4 Å². The van der Waals surface area contributed by atoms with Gasteiger partial charge < -0.3 is 29.2 Å². The molecule has 2 N–H and O–H groups in total. The van der Waals surface area contributed by atoms with Crippen molar-refractivity contribution in [2.45, 2.75) is 13.0 Å². The number of aliphatic carboxylic acids is 1. The number of imidazole rings is 1. The van der Waals surface area contributed by atoms with Gasteiger partial charge in [0, 0.05) is 43.8 Å². The summed E-state index contributed by atoms with van der Waals surface area (Å²) in [7, 11) is 3.59. The molecule has 0 unspecified atom stereocenters. The summed E-state index contributed by atoms with van der Waals surface area (Å²) >= 11 is 6.39. The molecule has 0 bridgehead atoms. The number of fused-ring (bicyclic) bond motifs is 2. The fourth-order valence-electron chi connectivity index (χ4n) is 4.14. The zero-order chi connectivity index (χ0) is 24.7. The molecule has 5 rings (SSSR count). The molecule has 0 aliphatic carbocycles. The number of halogens is 1. The number of carboxylic acid groups (broad SMARTS) is 1. The summed E-state index contributed by atoms with van der Waals surface area (Å²) in [5.74, 6) is -0.221. The molecule has 3 aromatic heterocycles. The molecule has 0 radical (unpaired) electrons. The number of ether oxygens (including phenoxy) is 1. The molecule has 0 saturated carbocycles. The van der Waals surface area contributed by atoms with Crippen LogP contribution in [-0.4, -0.2) is 48.3 Å². The van der Waals surface area contributed by atoms with E-state index < -0.39 is 18.1 Å². The van der Waals surface area contributed by atoms with E-state index in [1.54, 1.807) is 25.4 Å². The summed E-state index contributed by atoms with van der Waals surface area (Å²) < 4.78 is 8.62. The van der Waals surface area contributed by atoms with E-state index >= 15 is 0 Å². The number of anilines is 3. The van der Waals surface area contributed by atoms with Crippen LogP contribution in [0.25, 0.3) is 10.9 Å². The van der Waals surface area contributed by atoms with Crippen molar-refractivity contribution >= 4 is 45.9 Å². The van der Waals surface area contributed by atoms with Gasteiger partial charge in [0.2, 0.25) is 5.95 Å². The van der Waals surface area contributed by atoms with Crippen molar-refractivity contribution in [3.05, 3.63) is 63.6 Å². The van der Waals surface area contributed by atoms with Gasteiger partial charge in [-0.25, -0.2) is 14.8 Å². The van der Waals surface area contributed by atoms with Crippen LogP contribution in [0.5, 0.6) is 5.75 Å². The van der Waals surface area contributed by atoms with Crippen LogP contribution in [0.4, 0.5) is 17.5 Å². The number of carbonyl (C=O) groups is 1. The first kappa shape index (κ1) is 22.7. The van der Waals surface area contributed by atoms with E-state index in [0.29, 0.717) is 39.9 Å². The van der Waals surface area contributed by atoms with E-state index in [9.17, 15) is 9.59 Å². The number of benzene rings is 1.